The summed E-state index contributed by atoms with van der Waals surface area (Å²) < 4.78 is 5.50. The van der Waals surface area contributed by atoms with Crippen molar-refractivity contribution >= 4 is 6.09 Å². The van der Waals surface area contributed by atoms with Gasteiger partial charge in [0.15, 0.2) is 0 Å². The molecule has 1 aromatic rings. The standard InChI is InChI=1S/C19H30N2O2/c1-4-16(2)18(14-21-12-8-9-13-21)20(3)19(22)23-15-17-10-6-5-7-11-17/h5-7,10-11,16,18H,4,8-9,12-15H2,1-3H3/t16-,18-/m1/s1. The van der Waals surface area contributed by atoms with Crippen LogP contribution in [-0.2, 0) is 11.3 Å². The van der Waals surface area contributed by atoms with Crippen LogP contribution in [-0.4, -0.2) is 48.6 Å². The van der Waals surface area contributed by atoms with E-state index in [1.165, 1.54) is 12.8 Å². The van der Waals surface area contributed by atoms with Crippen molar-refractivity contribution in [3.8, 4) is 0 Å². The molecule has 2 atom stereocenters. The summed E-state index contributed by atoms with van der Waals surface area (Å²) in [6.45, 7) is 8.00. The highest BCUT2D eigenvalue weighted by molar-refractivity contribution is 5.67. The molecule has 1 fully saturated rings. The average Bonchev–Trinajstić information content (AvgIpc) is 3.10. The summed E-state index contributed by atoms with van der Waals surface area (Å²) in [5, 5.41) is 0. The highest BCUT2D eigenvalue weighted by atomic mass is 16.6. The zero-order chi connectivity index (χ0) is 16.7. The molecule has 1 heterocycles. The average molecular weight is 318 g/mol. The van der Waals surface area contributed by atoms with Crippen LogP contribution >= 0.6 is 0 Å². The Balaban J connectivity index is 1.91. The normalized spacial score (nSPS) is 17.7. The fraction of sp³-hybridized carbons (Fsp3) is 0.632. The number of hydrogen-bond acceptors (Lipinski definition) is 3. The Hall–Kier alpha value is -1.55. The monoisotopic (exact) mass is 318 g/mol. The van der Waals surface area contributed by atoms with Gasteiger partial charge in [-0.05, 0) is 37.4 Å². The number of nitrogens with zero attached hydrogens (tertiary/aromatic N) is 2. The second kappa shape index (κ2) is 8.92. The van der Waals surface area contributed by atoms with Crippen LogP contribution in [0.25, 0.3) is 0 Å². The maximum absolute atomic E-state index is 12.4. The number of benzene rings is 1. The van der Waals surface area contributed by atoms with Crippen molar-refractivity contribution in [3.63, 3.8) is 0 Å². The van der Waals surface area contributed by atoms with E-state index in [0.29, 0.717) is 12.5 Å². The fourth-order valence-electron chi connectivity index (χ4n) is 3.14. The highest BCUT2D eigenvalue weighted by Gasteiger charge is 2.28. The molecule has 4 nitrogen and oxygen atoms in total. The summed E-state index contributed by atoms with van der Waals surface area (Å²) in [5.41, 5.74) is 1.02. The zero-order valence-corrected chi connectivity index (χ0v) is 14.7. The van der Waals surface area contributed by atoms with Gasteiger partial charge in [-0.15, -0.1) is 0 Å². The number of rotatable bonds is 7. The molecule has 0 aromatic heterocycles. The third-order valence-electron chi connectivity index (χ3n) is 4.94. The first-order valence-electron chi connectivity index (χ1n) is 8.77. The first kappa shape index (κ1) is 17.8. The Morgan fingerprint density at radius 2 is 1.91 bits per heavy atom. The summed E-state index contributed by atoms with van der Waals surface area (Å²) in [4.78, 5) is 16.7. The largest absolute Gasteiger partial charge is 0.445 e. The molecule has 1 saturated heterocycles. The van der Waals surface area contributed by atoms with Crippen LogP contribution in [0.3, 0.4) is 0 Å². The van der Waals surface area contributed by atoms with E-state index in [1.807, 2.05) is 37.4 Å². The highest BCUT2D eigenvalue weighted by Crippen LogP contribution is 2.19. The minimum atomic E-state index is -0.224. The molecule has 0 N–H and O–H groups in total. The zero-order valence-electron chi connectivity index (χ0n) is 14.7. The second-order valence-electron chi connectivity index (χ2n) is 6.61. The molecule has 4 heteroatoms. The Labute approximate surface area is 140 Å². The lowest BCUT2D eigenvalue weighted by atomic mass is 9.97. The van der Waals surface area contributed by atoms with Gasteiger partial charge in [-0.25, -0.2) is 4.79 Å². The predicted molar refractivity (Wildman–Crippen MR) is 93.3 cm³/mol. The van der Waals surface area contributed by atoms with Crippen LogP contribution < -0.4 is 0 Å². The van der Waals surface area contributed by atoms with E-state index in [1.54, 1.807) is 4.90 Å². The summed E-state index contributed by atoms with van der Waals surface area (Å²) in [5.74, 6) is 0.463. The van der Waals surface area contributed by atoms with Gasteiger partial charge in [0.25, 0.3) is 0 Å². The molecule has 1 aliphatic rings. The van der Waals surface area contributed by atoms with E-state index in [9.17, 15) is 4.79 Å². The van der Waals surface area contributed by atoms with Crippen molar-refractivity contribution < 1.29 is 9.53 Å². The van der Waals surface area contributed by atoms with Gasteiger partial charge in [0, 0.05) is 19.6 Å². The van der Waals surface area contributed by atoms with Gasteiger partial charge >= 0.3 is 6.09 Å². The van der Waals surface area contributed by atoms with Crippen molar-refractivity contribution in [3.05, 3.63) is 35.9 Å². The second-order valence-corrected chi connectivity index (χ2v) is 6.61. The van der Waals surface area contributed by atoms with E-state index >= 15 is 0 Å². The predicted octanol–water partition coefficient (Wildman–Crippen LogP) is 3.77. The molecule has 0 radical (unpaired) electrons. The summed E-state index contributed by atoms with van der Waals surface area (Å²) in [7, 11) is 1.88. The Morgan fingerprint density at radius 1 is 1.26 bits per heavy atom. The van der Waals surface area contributed by atoms with Crippen LogP contribution in [0.5, 0.6) is 0 Å². The van der Waals surface area contributed by atoms with E-state index in [4.69, 9.17) is 4.74 Å². The van der Waals surface area contributed by atoms with E-state index in [0.717, 1.165) is 31.6 Å². The molecular weight excluding hydrogens is 288 g/mol. The van der Waals surface area contributed by atoms with Crippen LogP contribution in [0.4, 0.5) is 4.79 Å². The molecule has 0 spiro atoms. The summed E-state index contributed by atoms with van der Waals surface area (Å²) >= 11 is 0. The topological polar surface area (TPSA) is 32.8 Å². The Kier molecular flexibility index (Phi) is 6.90. The quantitative estimate of drug-likeness (QED) is 0.767. The molecule has 1 aliphatic heterocycles. The first-order chi connectivity index (χ1) is 11.1. The molecule has 23 heavy (non-hydrogen) atoms. The molecule has 0 saturated carbocycles. The molecule has 0 aliphatic carbocycles. The number of likely N-dealkylation sites (tertiary alicyclic amines) is 1. The SMILES string of the molecule is CC[C@@H](C)[C@@H](CN1CCCC1)N(C)C(=O)OCc1ccccc1. The lowest BCUT2D eigenvalue weighted by molar-refractivity contribution is 0.0700. The Bertz CT molecular complexity index is 472. The number of carbonyl (C=O) groups is 1. The summed E-state index contributed by atoms with van der Waals surface area (Å²) in [6.07, 6.45) is 3.39. The van der Waals surface area contributed by atoms with E-state index in [2.05, 4.69) is 18.7 Å². The Morgan fingerprint density at radius 3 is 2.52 bits per heavy atom. The van der Waals surface area contributed by atoms with Gasteiger partial charge in [0.05, 0.1) is 0 Å². The number of likely N-dealkylation sites (N-methyl/N-ethyl adjacent to an activating group) is 1. The third-order valence-corrected chi connectivity index (χ3v) is 4.94. The van der Waals surface area contributed by atoms with Crippen LogP contribution in [0.15, 0.2) is 30.3 Å². The summed E-state index contributed by atoms with van der Waals surface area (Å²) in [6, 6.07) is 10.0. The molecule has 0 bridgehead atoms. The number of hydrogen-bond donors (Lipinski definition) is 0. The minimum Gasteiger partial charge on any atom is -0.445 e. The van der Waals surface area contributed by atoms with Crippen LogP contribution in [0.1, 0.15) is 38.7 Å². The minimum absolute atomic E-state index is 0.210. The number of ether oxygens (including phenoxy) is 1. The molecule has 1 aromatic carbocycles. The van der Waals surface area contributed by atoms with Crippen molar-refractivity contribution in [2.45, 2.75) is 45.8 Å². The lowest BCUT2D eigenvalue weighted by Gasteiger charge is -2.34. The molecule has 1 amide bonds. The molecule has 0 unspecified atom stereocenters. The molecular formula is C19H30N2O2. The van der Waals surface area contributed by atoms with Crippen LogP contribution in [0, 0.1) is 5.92 Å². The maximum atomic E-state index is 12.4. The van der Waals surface area contributed by atoms with Crippen molar-refractivity contribution in [1.82, 2.24) is 9.80 Å². The molecule has 128 valence electrons. The van der Waals surface area contributed by atoms with Crippen molar-refractivity contribution in [2.24, 2.45) is 5.92 Å². The van der Waals surface area contributed by atoms with Crippen molar-refractivity contribution in [2.75, 3.05) is 26.7 Å². The maximum Gasteiger partial charge on any atom is 0.410 e. The van der Waals surface area contributed by atoms with Crippen molar-refractivity contribution in [1.29, 1.82) is 0 Å². The van der Waals surface area contributed by atoms with Gasteiger partial charge < -0.3 is 14.5 Å². The van der Waals surface area contributed by atoms with Gasteiger partial charge in [-0.3, -0.25) is 0 Å². The van der Waals surface area contributed by atoms with E-state index in [-0.39, 0.29) is 12.1 Å². The fourth-order valence-corrected chi connectivity index (χ4v) is 3.14. The first-order valence-corrected chi connectivity index (χ1v) is 8.77. The van der Waals surface area contributed by atoms with Gasteiger partial charge in [0.2, 0.25) is 0 Å². The third kappa shape index (κ3) is 5.24. The van der Waals surface area contributed by atoms with Crippen LogP contribution in [0.2, 0.25) is 0 Å². The number of amides is 1. The molecule has 2 rings (SSSR count). The number of carbonyl (C=O) groups excluding carboxylic acids is 1. The lowest BCUT2D eigenvalue weighted by Crippen LogP contribution is -2.47. The van der Waals surface area contributed by atoms with Gasteiger partial charge in [0.1, 0.15) is 6.61 Å². The van der Waals surface area contributed by atoms with Gasteiger partial charge in [-0.1, -0.05) is 50.6 Å². The van der Waals surface area contributed by atoms with Gasteiger partial charge in [-0.2, -0.15) is 0 Å². The van der Waals surface area contributed by atoms with E-state index < -0.39 is 0 Å². The smallest absolute Gasteiger partial charge is 0.410 e.